The molecule has 10 nitrogen and oxygen atoms in total. The molecule has 0 spiro atoms. The third kappa shape index (κ3) is 8.45. The first-order chi connectivity index (χ1) is 22.0. The molecule has 0 aliphatic heterocycles. The summed E-state index contributed by atoms with van der Waals surface area (Å²) in [5.41, 5.74) is 0.181. The molecule has 0 unspecified atom stereocenters. The largest absolute Gasteiger partial charge is 0.491 e. The standard InChI is InChI=1S/C34H46Cl2N2O8/c1-8-42-25-19-34(20-25,32(40)45-11-4)37-33(41)38(17-18-46-23(7)24-15-13-12-14-16-24)21(5)26-28(35)30(43-9-2)27(22(6)39)31(29(26)36)44-10-3/h12-16,21,23,25H,8-11,17-20H2,1-7H3,(H,37,41)/t21-,23+,25?,34?/m1/s1. The highest BCUT2D eigenvalue weighted by molar-refractivity contribution is 6.39. The van der Waals surface area contributed by atoms with Crippen LogP contribution in [0.4, 0.5) is 4.79 Å². The van der Waals surface area contributed by atoms with E-state index in [1.165, 1.54) is 11.8 Å². The van der Waals surface area contributed by atoms with Crippen LogP contribution in [-0.2, 0) is 19.0 Å². The summed E-state index contributed by atoms with van der Waals surface area (Å²) in [5.74, 6) is -0.609. The fraction of sp³-hybridized carbons (Fsp3) is 0.559. The van der Waals surface area contributed by atoms with Crippen LogP contribution in [0, 0.1) is 0 Å². The van der Waals surface area contributed by atoms with E-state index in [4.69, 9.17) is 46.9 Å². The molecule has 46 heavy (non-hydrogen) atoms. The summed E-state index contributed by atoms with van der Waals surface area (Å²) >= 11 is 13.9. The van der Waals surface area contributed by atoms with Crippen molar-refractivity contribution >= 4 is 41.0 Å². The van der Waals surface area contributed by atoms with Gasteiger partial charge in [-0.1, -0.05) is 53.5 Å². The fourth-order valence-corrected chi connectivity index (χ4v) is 6.47. The Morgan fingerprint density at radius 3 is 2.02 bits per heavy atom. The summed E-state index contributed by atoms with van der Waals surface area (Å²) in [6, 6.07) is 8.39. The van der Waals surface area contributed by atoms with Crippen LogP contribution in [0.5, 0.6) is 11.5 Å². The second-order valence-corrected chi connectivity index (χ2v) is 11.8. The van der Waals surface area contributed by atoms with E-state index >= 15 is 0 Å². The molecule has 0 heterocycles. The number of hydrogen-bond donors (Lipinski definition) is 1. The quantitative estimate of drug-likeness (QED) is 0.136. The zero-order valence-corrected chi connectivity index (χ0v) is 29.3. The van der Waals surface area contributed by atoms with Crippen LogP contribution in [-0.4, -0.2) is 73.9 Å². The number of carbonyl (C=O) groups is 3. The first-order valence-electron chi connectivity index (χ1n) is 15.8. The Morgan fingerprint density at radius 1 is 0.935 bits per heavy atom. The van der Waals surface area contributed by atoms with Gasteiger partial charge in [-0.15, -0.1) is 0 Å². The van der Waals surface area contributed by atoms with Gasteiger partial charge in [-0.05, 0) is 54.0 Å². The summed E-state index contributed by atoms with van der Waals surface area (Å²) in [4.78, 5) is 41.6. The molecule has 1 saturated carbocycles. The Morgan fingerprint density at radius 2 is 1.52 bits per heavy atom. The maximum Gasteiger partial charge on any atom is 0.332 e. The highest BCUT2D eigenvalue weighted by Gasteiger charge is 2.54. The number of halogens is 2. The number of ketones is 1. The molecule has 0 radical (unpaired) electrons. The fourth-order valence-electron chi connectivity index (χ4n) is 5.62. The Hall–Kier alpha value is -3.05. The van der Waals surface area contributed by atoms with Gasteiger partial charge in [0, 0.05) is 31.6 Å². The van der Waals surface area contributed by atoms with Gasteiger partial charge in [0.15, 0.2) is 17.3 Å². The smallest absolute Gasteiger partial charge is 0.332 e. The van der Waals surface area contributed by atoms with Crippen LogP contribution >= 0.6 is 23.2 Å². The van der Waals surface area contributed by atoms with Crippen molar-refractivity contribution < 1.29 is 38.1 Å². The van der Waals surface area contributed by atoms with Crippen molar-refractivity contribution in [1.82, 2.24) is 10.2 Å². The summed E-state index contributed by atoms with van der Waals surface area (Å²) in [6.45, 7) is 13.5. The lowest BCUT2D eigenvalue weighted by Crippen LogP contribution is -2.67. The van der Waals surface area contributed by atoms with Crippen LogP contribution in [0.1, 0.15) is 94.9 Å². The molecule has 1 aliphatic carbocycles. The van der Waals surface area contributed by atoms with Crippen molar-refractivity contribution in [2.75, 3.05) is 39.6 Å². The Balaban J connectivity index is 2.05. The van der Waals surface area contributed by atoms with Crippen molar-refractivity contribution in [2.45, 2.75) is 85.1 Å². The second kappa shape index (κ2) is 17.2. The molecule has 0 aromatic heterocycles. The number of nitrogens with one attached hydrogen (secondary N) is 1. The van der Waals surface area contributed by atoms with E-state index in [0.29, 0.717) is 12.2 Å². The van der Waals surface area contributed by atoms with Crippen molar-refractivity contribution in [2.24, 2.45) is 0 Å². The number of ether oxygens (including phenoxy) is 5. The summed E-state index contributed by atoms with van der Waals surface area (Å²) in [5, 5.41) is 3.12. The van der Waals surface area contributed by atoms with E-state index in [0.717, 1.165) is 5.56 Å². The molecule has 2 aromatic rings. The number of nitrogens with zero attached hydrogens (tertiary/aromatic N) is 1. The number of Topliss-reactive ketones (excluding diaryl/α,β-unsaturated/α-hetero) is 1. The van der Waals surface area contributed by atoms with Gasteiger partial charge >= 0.3 is 12.0 Å². The number of esters is 1. The number of rotatable bonds is 17. The molecule has 1 aliphatic rings. The maximum absolute atomic E-state index is 14.2. The minimum atomic E-state index is -1.26. The van der Waals surface area contributed by atoms with E-state index in [1.54, 1.807) is 27.7 Å². The molecule has 2 atom stereocenters. The predicted molar refractivity (Wildman–Crippen MR) is 177 cm³/mol. The van der Waals surface area contributed by atoms with Gasteiger partial charge in [-0.2, -0.15) is 0 Å². The van der Waals surface area contributed by atoms with Crippen LogP contribution in [0.15, 0.2) is 30.3 Å². The predicted octanol–water partition coefficient (Wildman–Crippen LogP) is 7.34. The van der Waals surface area contributed by atoms with Gasteiger partial charge in [0.05, 0.1) is 54.7 Å². The van der Waals surface area contributed by atoms with Gasteiger partial charge in [-0.3, -0.25) is 4.79 Å². The third-order valence-corrected chi connectivity index (χ3v) is 8.69. The van der Waals surface area contributed by atoms with E-state index in [-0.39, 0.29) is 90.9 Å². The zero-order valence-electron chi connectivity index (χ0n) is 27.7. The van der Waals surface area contributed by atoms with Gasteiger partial charge in [0.1, 0.15) is 11.1 Å². The van der Waals surface area contributed by atoms with Gasteiger partial charge in [-0.25, -0.2) is 9.59 Å². The lowest BCUT2D eigenvalue weighted by molar-refractivity contribution is -0.163. The van der Waals surface area contributed by atoms with Crippen LogP contribution in [0.25, 0.3) is 0 Å². The molecule has 2 amide bonds. The Bertz CT molecular complexity index is 1320. The summed E-state index contributed by atoms with van der Waals surface area (Å²) in [6.07, 6.45) is 0.100. The molecule has 254 valence electrons. The van der Waals surface area contributed by atoms with Crippen molar-refractivity contribution in [3.63, 3.8) is 0 Å². The van der Waals surface area contributed by atoms with E-state index in [2.05, 4.69) is 5.32 Å². The van der Waals surface area contributed by atoms with Crippen LogP contribution in [0.3, 0.4) is 0 Å². The second-order valence-electron chi connectivity index (χ2n) is 11.0. The summed E-state index contributed by atoms with van der Waals surface area (Å²) < 4.78 is 28.9. The van der Waals surface area contributed by atoms with Crippen LogP contribution in [0.2, 0.25) is 10.0 Å². The van der Waals surface area contributed by atoms with Gasteiger partial charge in [0.25, 0.3) is 0 Å². The lowest BCUT2D eigenvalue weighted by atomic mass is 9.74. The van der Waals surface area contributed by atoms with E-state index in [9.17, 15) is 14.4 Å². The number of hydrogen-bond acceptors (Lipinski definition) is 8. The first kappa shape index (κ1) is 37.4. The molecule has 12 heteroatoms. The average molecular weight is 682 g/mol. The number of amides is 2. The molecule has 1 fully saturated rings. The summed E-state index contributed by atoms with van der Waals surface area (Å²) in [7, 11) is 0. The maximum atomic E-state index is 14.2. The van der Waals surface area contributed by atoms with Gasteiger partial charge in [0.2, 0.25) is 0 Å². The first-order valence-corrected chi connectivity index (χ1v) is 16.6. The normalized spacial score (nSPS) is 18.6. The van der Waals surface area contributed by atoms with Crippen molar-refractivity contribution in [1.29, 1.82) is 0 Å². The molecule has 2 aromatic carbocycles. The van der Waals surface area contributed by atoms with Gasteiger partial charge < -0.3 is 33.9 Å². The molecule has 3 rings (SSSR count). The number of benzene rings is 2. The SMILES string of the molecule is CCOC(=O)C1(NC(=O)N(CCO[C@@H](C)c2ccccc2)[C@H](C)c2c(Cl)c(OCC)c(C(C)=O)c(OCC)c2Cl)CC(OCC)C1. The van der Waals surface area contributed by atoms with E-state index in [1.807, 2.05) is 44.2 Å². The van der Waals surface area contributed by atoms with Crippen LogP contribution < -0.4 is 14.8 Å². The Labute approximate surface area is 281 Å². The van der Waals surface area contributed by atoms with E-state index < -0.39 is 23.6 Å². The molecule has 0 saturated heterocycles. The molecule has 1 N–H and O–H groups in total. The molecule has 0 bridgehead atoms. The molecular weight excluding hydrogens is 635 g/mol. The lowest BCUT2D eigenvalue weighted by Gasteiger charge is -2.46. The Kier molecular flexibility index (Phi) is 14.0. The minimum Gasteiger partial charge on any atom is -0.491 e. The van der Waals surface area contributed by atoms with Crippen molar-refractivity contribution in [3.8, 4) is 11.5 Å². The number of carbonyl (C=O) groups excluding carboxylic acids is 3. The third-order valence-electron chi connectivity index (χ3n) is 7.94. The highest BCUT2D eigenvalue weighted by Crippen LogP contribution is 2.49. The monoisotopic (exact) mass is 680 g/mol. The minimum absolute atomic E-state index is 0.0875. The molecular formula is C34H46Cl2N2O8. The highest BCUT2D eigenvalue weighted by atomic mass is 35.5. The van der Waals surface area contributed by atoms with Crippen molar-refractivity contribution in [3.05, 3.63) is 57.1 Å². The topological polar surface area (TPSA) is 113 Å². The zero-order chi connectivity index (χ0) is 34.0. The number of urea groups is 1. The average Bonchev–Trinajstić information content (AvgIpc) is 3.00.